The van der Waals surface area contributed by atoms with Crippen LogP contribution in [0, 0.1) is 0 Å². The Morgan fingerprint density at radius 1 is 1.57 bits per heavy atom. The van der Waals surface area contributed by atoms with E-state index in [0.717, 1.165) is 5.56 Å². The summed E-state index contributed by atoms with van der Waals surface area (Å²) in [6.45, 7) is 1.57. The molecule has 0 saturated carbocycles. The Labute approximate surface area is 88.5 Å². The van der Waals surface area contributed by atoms with E-state index in [1.165, 1.54) is 6.92 Å². The summed E-state index contributed by atoms with van der Waals surface area (Å²) in [5, 5.41) is 9.50. The van der Waals surface area contributed by atoms with Crippen molar-refractivity contribution in [1.29, 1.82) is 0 Å². The molecule has 3 nitrogen and oxygen atoms in total. The predicted octanol–water partition coefficient (Wildman–Crippen LogP) is 2.94. The van der Waals surface area contributed by atoms with Crippen LogP contribution in [0.2, 0.25) is 5.02 Å². The van der Waals surface area contributed by atoms with Gasteiger partial charge in [0.2, 0.25) is 0 Å². The molecule has 0 saturated heterocycles. The molecule has 1 aromatic carbocycles. The van der Waals surface area contributed by atoms with Gasteiger partial charge < -0.3 is 5.11 Å². The second kappa shape index (κ2) is 5.42. The fraction of sp³-hybridized carbons (Fsp3) is 0.333. The van der Waals surface area contributed by atoms with Gasteiger partial charge in [-0.2, -0.15) is 0 Å². The maximum atomic E-state index is 11.1. The van der Waals surface area contributed by atoms with Crippen LogP contribution in [0.25, 0.3) is 0 Å². The summed E-state index contributed by atoms with van der Waals surface area (Å²) in [5.41, 5.74) is 0.762. The van der Waals surface area contributed by atoms with Crippen LogP contribution in [-0.4, -0.2) is 11.0 Å². The molecule has 0 aliphatic carbocycles. The Hall–Kier alpha value is -0.470. The lowest BCUT2D eigenvalue weighted by atomic mass is 10.2. The summed E-state index contributed by atoms with van der Waals surface area (Å²) in [4.78, 5) is 0. The molecule has 0 amide bonds. The molecule has 0 spiro atoms. The Kier molecular flexibility index (Phi) is 4.49. The Balaban J connectivity index is 2.54. The first kappa shape index (κ1) is 11.6. The average molecular weight is 234 g/mol. The largest absolute Gasteiger partial charge is 0.540 e. The molecule has 76 valence electrons. The van der Waals surface area contributed by atoms with Crippen LogP contribution in [0.4, 0.5) is 0 Å². The molecule has 2 atom stereocenters. The van der Waals surface area contributed by atoms with Crippen molar-refractivity contribution in [3.05, 3.63) is 34.9 Å². The summed E-state index contributed by atoms with van der Waals surface area (Å²) in [7, 11) is -2.03. The van der Waals surface area contributed by atoms with Crippen LogP contribution in [0.3, 0.4) is 0 Å². The van der Waals surface area contributed by atoms with E-state index in [1.807, 2.05) is 6.07 Å². The number of rotatable bonds is 4. The third kappa shape index (κ3) is 3.35. The van der Waals surface area contributed by atoms with Gasteiger partial charge in [-0.3, -0.25) is 0 Å². The molecule has 1 rings (SSSR count). The van der Waals surface area contributed by atoms with Gasteiger partial charge in [0.25, 0.3) is 5.85 Å². The normalized spacial score (nSPS) is 13.8. The van der Waals surface area contributed by atoms with E-state index in [-0.39, 0.29) is 6.61 Å². The van der Waals surface area contributed by atoms with Crippen LogP contribution in [0.1, 0.15) is 12.5 Å². The SMILES string of the molecule is CC(O)[P+](=O)OCc1ccccc1Cl. The first-order valence-corrected chi connectivity index (χ1v) is 5.74. The van der Waals surface area contributed by atoms with E-state index in [0.29, 0.717) is 5.02 Å². The van der Waals surface area contributed by atoms with Crippen LogP contribution >= 0.6 is 19.6 Å². The van der Waals surface area contributed by atoms with E-state index in [4.69, 9.17) is 21.2 Å². The number of aliphatic hydroxyl groups is 1. The minimum Gasteiger partial charge on any atom is -0.349 e. The molecular formula is C9H11ClO3P+. The minimum absolute atomic E-state index is 0.153. The highest BCUT2D eigenvalue weighted by molar-refractivity contribution is 7.39. The maximum Gasteiger partial charge on any atom is 0.540 e. The second-order valence-corrected chi connectivity index (χ2v) is 4.77. The van der Waals surface area contributed by atoms with Gasteiger partial charge in [0.05, 0.1) is 0 Å². The van der Waals surface area contributed by atoms with Gasteiger partial charge in [-0.15, -0.1) is 4.52 Å². The topological polar surface area (TPSA) is 46.5 Å². The van der Waals surface area contributed by atoms with E-state index in [1.54, 1.807) is 18.2 Å². The van der Waals surface area contributed by atoms with Crippen molar-refractivity contribution in [1.82, 2.24) is 0 Å². The molecule has 2 unspecified atom stereocenters. The Morgan fingerprint density at radius 3 is 2.79 bits per heavy atom. The van der Waals surface area contributed by atoms with E-state index in [9.17, 15) is 4.57 Å². The molecule has 1 N–H and O–H groups in total. The molecule has 0 aliphatic heterocycles. The van der Waals surface area contributed by atoms with Crippen molar-refractivity contribution in [3.8, 4) is 0 Å². The Morgan fingerprint density at radius 2 is 2.21 bits per heavy atom. The van der Waals surface area contributed by atoms with Gasteiger partial charge in [-0.05, 0) is 10.6 Å². The number of hydrogen-bond donors (Lipinski definition) is 1. The van der Waals surface area contributed by atoms with Crippen LogP contribution in [0.5, 0.6) is 0 Å². The molecular weight excluding hydrogens is 223 g/mol. The zero-order valence-corrected chi connectivity index (χ0v) is 9.33. The number of hydrogen-bond acceptors (Lipinski definition) is 3. The van der Waals surface area contributed by atoms with Crippen LogP contribution < -0.4 is 0 Å². The molecule has 0 fully saturated rings. The second-order valence-electron chi connectivity index (χ2n) is 2.78. The quantitative estimate of drug-likeness (QED) is 0.814. The lowest BCUT2D eigenvalue weighted by Crippen LogP contribution is -1.95. The highest BCUT2D eigenvalue weighted by Crippen LogP contribution is 2.29. The molecule has 14 heavy (non-hydrogen) atoms. The zero-order chi connectivity index (χ0) is 10.6. The van der Waals surface area contributed by atoms with Gasteiger partial charge in [0, 0.05) is 17.5 Å². The average Bonchev–Trinajstić information content (AvgIpc) is 2.16. The highest BCUT2D eigenvalue weighted by Gasteiger charge is 2.25. The number of benzene rings is 1. The van der Waals surface area contributed by atoms with Gasteiger partial charge in [-0.25, -0.2) is 0 Å². The smallest absolute Gasteiger partial charge is 0.349 e. The summed E-state index contributed by atoms with van der Waals surface area (Å²) in [5.74, 6) is -0.951. The van der Waals surface area contributed by atoms with Gasteiger partial charge >= 0.3 is 8.03 Å². The van der Waals surface area contributed by atoms with Crippen molar-refractivity contribution in [2.45, 2.75) is 19.4 Å². The van der Waals surface area contributed by atoms with Crippen molar-refractivity contribution in [2.24, 2.45) is 0 Å². The fourth-order valence-corrected chi connectivity index (χ4v) is 1.53. The summed E-state index contributed by atoms with van der Waals surface area (Å²) < 4.78 is 16.0. The Bertz CT molecular complexity index is 328. The molecule has 0 aliphatic rings. The van der Waals surface area contributed by atoms with Crippen molar-refractivity contribution in [3.63, 3.8) is 0 Å². The highest BCUT2D eigenvalue weighted by atomic mass is 35.5. The molecule has 0 heterocycles. The summed E-state index contributed by atoms with van der Waals surface area (Å²) in [6, 6.07) is 7.14. The molecule has 1 aromatic rings. The summed E-state index contributed by atoms with van der Waals surface area (Å²) >= 11 is 5.85. The maximum absolute atomic E-state index is 11.1. The number of aliphatic hydroxyl groups excluding tert-OH is 1. The molecule has 0 radical (unpaired) electrons. The third-order valence-corrected chi connectivity index (χ3v) is 2.97. The third-order valence-electron chi connectivity index (χ3n) is 1.61. The zero-order valence-electron chi connectivity index (χ0n) is 7.68. The fourth-order valence-electron chi connectivity index (χ4n) is 0.856. The lowest BCUT2D eigenvalue weighted by molar-refractivity contribution is 0.228. The van der Waals surface area contributed by atoms with Crippen LogP contribution in [-0.2, 0) is 15.7 Å². The van der Waals surface area contributed by atoms with E-state index < -0.39 is 13.9 Å². The van der Waals surface area contributed by atoms with Gasteiger partial charge in [0.1, 0.15) is 6.61 Å². The first-order chi connectivity index (χ1) is 6.61. The standard InChI is InChI=1S/C9H11ClO3P/c1-7(11)14(12)13-6-8-4-2-3-5-9(8)10/h2-5,7,11H,6H2,1H3/q+1. The summed E-state index contributed by atoms with van der Waals surface area (Å²) in [6.07, 6.45) is 0. The van der Waals surface area contributed by atoms with Crippen molar-refractivity contribution < 1.29 is 14.2 Å². The predicted molar refractivity (Wildman–Crippen MR) is 55.5 cm³/mol. The van der Waals surface area contributed by atoms with Gasteiger partial charge in [-0.1, -0.05) is 29.8 Å². The molecule has 0 aromatic heterocycles. The van der Waals surface area contributed by atoms with E-state index >= 15 is 0 Å². The van der Waals surface area contributed by atoms with E-state index in [2.05, 4.69) is 0 Å². The van der Waals surface area contributed by atoms with Gasteiger partial charge in [0.15, 0.2) is 0 Å². The lowest BCUT2D eigenvalue weighted by Gasteiger charge is -1.98. The van der Waals surface area contributed by atoms with Crippen LogP contribution in [0.15, 0.2) is 24.3 Å². The monoisotopic (exact) mass is 233 g/mol. The van der Waals surface area contributed by atoms with Crippen molar-refractivity contribution >= 4 is 19.6 Å². The molecule has 5 heteroatoms. The number of halogens is 1. The minimum atomic E-state index is -2.03. The molecule has 0 bridgehead atoms. The van der Waals surface area contributed by atoms with Crippen molar-refractivity contribution in [2.75, 3.05) is 0 Å². The first-order valence-electron chi connectivity index (χ1n) is 4.12.